The highest BCUT2D eigenvalue weighted by atomic mass is 16.5. The van der Waals surface area contributed by atoms with Crippen LogP contribution in [0.5, 0.6) is 5.75 Å². The number of hydrogen-bond acceptors (Lipinski definition) is 2. The fourth-order valence-electron chi connectivity index (χ4n) is 2.37. The van der Waals surface area contributed by atoms with Crippen molar-refractivity contribution in [2.75, 3.05) is 7.11 Å². The minimum absolute atomic E-state index is 0.287. The Kier molecular flexibility index (Phi) is 2.27. The van der Waals surface area contributed by atoms with Crippen LogP contribution in [-0.4, -0.2) is 12.2 Å². The van der Waals surface area contributed by atoms with Crippen molar-refractivity contribution in [1.82, 2.24) is 0 Å². The van der Waals surface area contributed by atoms with Crippen LogP contribution >= 0.6 is 0 Å². The summed E-state index contributed by atoms with van der Waals surface area (Å²) >= 11 is 0. The monoisotopic (exact) mass is 206 g/mol. The molecule has 0 fully saturated rings. The van der Waals surface area contributed by atoms with E-state index in [1.54, 1.807) is 7.11 Å². The van der Waals surface area contributed by atoms with Crippen LogP contribution in [0.1, 0.15) is 43.4 Å². The van der Waals surface area contributed by atoms with Crippen LogP contribution in [0.15, 0.2) is 12.1 Å². The molecule has 0 saturated heterocycles. The number of ether oxygens (including phenoxy) is 1. The van der Waals surface area contributed by atoms with Crippen LogP contribution < -0.4 is 0 Å². The summed E-state index contributed by atoms with van der Waals surface area (Å²) in [4.78, 5) is 0. The zero-order valence-corrected chi connectivity index (χ0v) is 9.79. The lowest BCUT2D eigenvalue weighted by Crippen LogP contribution is -2.37. The van der Waals surface area contributed by atoms with Crippen LogP contribution in [0, 0.1) is 0 Å². The maximum atomic E-state index is 10.2. The maximum absolute atomic E-state index is 10.2. The molecule has 0 aromatic heterocycles. The minimum Gasteiger partial charge on any atom is -0.507 e. The first kappa shape index (κ1) is 10.5. The number of benzene rings is 1. The van der Waals surface area contributed by atoms with Gasteiger partial charge in [0, 0.05) is 19.1 Å². The first-order chi connectivity index (χ1) is 6.99. The summed E-state index contributed by atoms with van der Waals surface area (Å²) in [5.74, 6) is 0.773. The first-order valence-electron chi connectivity index (χ1n) is 5.40. The van der Waals surface area contributed by atoms with Crippen LogP contribution in [0.2, 0.25) is 0 Å². The smallest absolute Gasteiger partial charge is 0.125 e. The molecule has 1 N–H and O–H groups in total. The van der Waals surface area contributed by atoms with Gasteiger partial charge in [-0.15, -0.1) is 0 Å². The molecule has 1 atom stereocenters. The van der Waals surface area contributed by atoms with Crippen LogP contribution in [0.3, 0.4) is 0 Å². The number of aromatic hydroxyl groups is 1. The van der Waals surface area contributed by atoms with Gasteiger partial charge >= 0.3 is 0 Å². The largest absolute Gasteiger partial charge is 0.507 e. The molecule has 0 amide bonds. The van der Waals surface area contributed by atoms with Crippen LogP contribution in [0.25, 0.3) is 0 Å². The van der Waals surface area contributed by atoms with Gasteiger partial charge in [0.05, 0.1) is 5.60 Å². The SMILES string of the molecule is COC1(C)Cc2ccc(C(C)C)c(O)c21. The second kappa shape index (κ2) is 3.24. The predicted molar refractivity (Wildman–Crippen MR) is 60.3 cm³/mol. The Labute approximate surface area is 90.9 Å². The summed E-state index contributed by atoms with van der Waals surface area (Å²) in [7, 11) is 1.70. The molecule has 0 heterocycles. The van der Waals surface area contributed by atoms with E-state index in [1.807, 2.05) is 13.0 Å². The van der Waals surface area contributed by atoms with E-state index in [0.29, 0.717) is 11.7 Å². The topological polar surface area (TPSA) is 29.5 Å². The Bertz CT molecular complexity index is 396. The fourth-order valence-corrected chi connectivity index (χ4v) is 2.37. The van der Waals surface area contributed by atoms with Gasteiger partial charge in [-0.05, 0) is 24.0 Å². The summed E-state index contributed by atoms with van der Waals surface area (Å²) in [6, 6.07) is 4.12. The number of phenols is 1. The van der Waals surface area contributed by atoms with Crippen molar-refractivity contribution in [3.8, 4) is 5.75 Å². The summed E-state index contributed by atoms with van der Waals surface area (Å²) in [5.41, 5.74) is 2.92. The molecule has 1 aromatic carbocycles. The molecule has 0 bridgehead atoms. The van der Waals surface area contributed by atoms with Crippen molar-refractivity contribution >= 4 is 0 Å². The van der Waals surface area contributed by atoms with Crippen molar-refractivity contribution in [3.63, 3.8) is 0 Å². The van der Waals surface area contributed by atoms with Gasteiger partial charge in [0.2, 0.25) is 0 Å². The Balaban J connectivity index is 2.53. The number of methoxy groups -OCH3 is 1. The number of fused-ring (bicyclic) bond motifs is 1. The molecule has 1 aliphatic rings. The second-order valence-electron chi connectivity index (χ2n) is 4.80. The molecule has 1 unspecified atom stereocenters. The van der Waals surface area contributed by atoms with Crippen LogP contribution in [-0.2, 0) is 16.8 Å². The number of hydrogen-bond donors (Lipinski definition) is 1. The number of rotatable bonds is 2. The zero-order chi connectivity index (χ0) is 11.2. The summed E-state index contributed by atoms with van der Waals surface area (Å²) in [6.07, 6.45) is 0.894. The lowest BCUT2D eigenvalue weighted by Gasteiger charge is -2.41. The third kappa shape index (κ3) is 1.36. The first-order valence-corrected chi connectivity index (χ1v) is 5.40. The molecule has 0 saturated carbocycles. The standard InChI is InChI=1S/C13H18O2/c1-8(2)10-6-5-9-7-13(3,15-4)11(9)12(10)14/h5-6,8,14H,7H2,1-4H3. The van der Waals surface area contributed by atoms with Gasteiger partial charge in [0.1, 0.15) is 5.75 Å². The Morgan fingerprint density at radius 3 is 2.60 bits per heavy atom. The number of phenolic OH excluding ortho intramolecular Hbond substituents is 1. The Morgan fingerprint density at radius 1 is 1.40 bits per heavy atom. The van der Waals surface area contributed by atoms with Gasteiger partial charge in [-0.1, -0.05) is 26.0 Å². The molecule has 1 aliphatic carbocycles. The van der Waals surface area contributed by atoms with E-state index in [1.165, 1.54) is 5.56 Å². The molecule has 2 nitrogen and oxygen atoms in total. The van der Waals surface area contributed by atoms with Gasteiger partial charge in [0.25, 0.3) is 0 Å². The van der Waals surface area contributed by atoms with E-state index in [2.05, 4.69) is 19.9 Å². The highest BCUT2D eigenvalue weighted by Crippen LogP contribution is 2.48. The van der Waals surface area contributed by atoms with E-state index in [4.69, 9.17) is 4.74 Å². The van der Waals surface area contributed by atoms with E-state index < -0.39 is 0 Å². The lowest BCUT2D eigenvalue weighted by atomic mass is 9.72. The van der Waals surface area contributed by atoms with E-state index in [9.17, 15) is 5.11 Å². The zero-order valence-electron chi connectivity index (χ0n) is 9.79. The van der Waals surface area contributed by atoms with Gasteiger partial charge in [-0.2, -0.15) is 0 Å². The van der Waals surface area contributed by atoms with Gasteiger partial charge in [-0.25, -0.2) is 0 Å². The van der Waals surface area contributed by atoms with Crippen LogP contribution in [0.4, 0.5) is 0 Å². The Hall–Kier alpha value is -1.02. The van der Waals surface area contributed by atoms with Crippen molar-refractivity contribution in [2.45, 2.75) is 38.7 Å². The fraction of sp³-hybridized carbons (Fsp3) is 0.538. The summed E-state index contributed by atoms with van der Waals surface area (Å²) in [6.45, 7) is 6.20. The average molecular weight is 206 g/mol. The minimum atomic E-state index is -0.287. The average Bonchev–Trinajstić information content (AvgIpc) is 2.14. The highest BCUT2D eigenvalue weighted by Gasteiger charge is 2.42. The van der Waals surface area contributed by atoms with Gasteiger partial charge in [0.15, 0.2) is 0 Å². The molecule has 82 valence electrons. The van der Waals surface area contributed by atoms with E-state index in [0.717, 1.165) is 17.5 Å². The molecule has 0 radical (unpaired) electrons. The van der Waals surface area contributed by atoms with E-state index >= 15 is 0 Å². The Morgan fingerprint density at radius 2 is 2.07 bits per heavy atom. The molecule has 2 rings (SSSR count). The summed E-state index contributed by atoms with van der Waals surface area (Å²) < 4.78 is 5.46. The molecular weight excluding hydrogens is 188 g/mol. The normalized spacial score (nSPS) is 23.8. The molecule has 0 spiro atoms. The van der Waals surface area contributed by atoms with Crippen molar-refractivity contribution in [1.29, 1.82) is 0 Å². The molecule has 0 aliphatic heterocycles. The molecular formula is C13H18O2. The lowest BCUT2D eigenvalue weighted by molar-refractivity contribution is -0.0204. The van der Waals surface area contributed by atoms with E-state index in [-0.39, 0.29) is 5.60 Å². The van der Waals surface area contributed by atoms with Crippen molar-refractivity contribution < 1.29 is 9.84 Å². The second-order valence-corrected chi connectivity index (χ2v) is 4.80. The highest BCUT2D eigenvalue weighted by molar-refractivity contribution is 5.55. The maximum Gasteiger partial charge on any atom is 0.125 e. The molecule has 2 heteroatoms. The predicted octanol–water partition coefficient (Wildman–Crippen LogP) is 2.93. The summed E-state index contributed by atoms with van der Waals surface area (Å²) in [5, 5.41) is 10.2. The molecule has 15 heavy (non-hydrogen) atoms. The van der Waals surface area contributed by atoms with Crippen molar-refractivity contribution in [3.05, 3.63) is 28.8 Å². The van der Waals surface area contributed by atoms with Crippen molar-refractivity contribution in [2.24, 2.45) is 0 Å². The van der Waals surface area contributed by atoms with Gasteiger partial charge < -0.3 is 9.84 Å². The quantitative estimate of drug-likeness (QED) is 0.806. The third-order valence-electron chi connectivity index (χ3n) is 3.42. The third-order valence-corrected chi connectivity index (χ3v) is 3.42. The molecule has 1 aromatic rings. The van der Waals surface area contributed by atoms with Gasteiger partial charge in [-0.3, -0.25) is 0 Å².